The predicted octanol–water partition coefficient (Wildman–Crippen LogP) is 0.824. The lowest BCUT2D eigenvalue weighted by molar-refractivity contribution is 0.128. The molecule has 0 aliphatic carbocycles. The topological polar surface area (TPSA) is 32.7 Å². The molecule has 0 radical (unpaired) electrons. The van der Waals surface area contributed by atoms with Gasteiger partial charge in [-0.05, 0) is 0 Å². The first-order chi connectivity index (χ1) is 3.35. The standard InChI is InChI=1S/C2H4F2N2O/c3-1-6(2-4)5-7/h1-2H2. The molecule has 0 saturated carbocycles. The summed E-state index contributed by atoms with van der Waals surface area (Å²) in [6, 6.07) is 0. The van der Waals surface area contributed by atoms with Crippen LogP contribution in [0.1, 0.15) is 0 Å². The second kappa shape index (κ2) is 3.45. The molecular formula is C2H4F2N2O. The summed E-state index contributed by atoms with van der Waals surface area (Å²) >= 11 is 0. The van der Waals surface area contributed by atoms with Crippen LogP contribution in [0, 0.1) is 4.91 Å². The summed E-state index contributed by atoms with van der Waals surface area (Å²) in [5.41, 5.74) is 0. The number of nitrogens with zero attached hydrogens (tertiary/aromatic N) is 2. The van der Waals surface area contributed by atoms with Crippen LogP contribution in [0.4, 0.5) is 8.78 Å². The zero-order valence-electron chi connectivity index (χ0n) is 3.47. The van der Waals surface area contributed by atoms with Crippen molar-refractivity contribution >= 4 is 0 Å². The minimum Gasteiger partial charge on any atom is -0.226 e. The van der Waals surface area contributed by atoms with Gasteiger partial charge in [0, 0.05) is 0 Å². The van der Waals surface area contributed by atoms with E-state index < -0.39 is 13.6 Å². The number of alkyl halides is 2. The van der Waals surface area contributed by atoms with Crippen molar-refractivity contribution in [2.45, 2.75) is 0 Å². The quantitative estimate of drug-likeness (QED) is 0.306. The Hall–Kier alpha value is -0.740. The monoisotopic (exact) mass is 110 g/mol. The van der Waals surface area contributed by atoms with Gasteiger partial charge in [-0.3, -0.25) is 0 Å². The number of hydrogen-bond donors (Lipinski definition) is 0. The second-order valence-corrected chi connectivity index (χ2v) is 0.827. The number of rotatable bonds is 3. The summed E-state index contributed by atoms with van der Waals surface area (Å²) in [6.07, 6.45) is 0. The molecule has 0 atom stereocenters. The first-order valence-electron chi connectivity index (χ1n) is 1.55. The van der Waals surface area contributed by atoms with Gasteiger partial charge in [-0.2, -0.15) is 0 Å². The van der Waals surface area contributed by atoms with Crippen LogP contribution in [0.3, 0.4) is 0 Å². The third-order valence-corrected chi connectivity index (χ3v) is 0.391. The molecule has 0 aliphatic heterocycles. The second-order valence-electron chi connectivity index (χ2n) is 0.827. The van der Waals surface area contributed by atoms with Gasteiger partial charge in [0.2, 0.25) is 0 Å². The Kier molecular flexibility index (Phi) is 3.09. The van der Waals surface area contributed by atoms with E-state index in [2.05, 4.69) is 0 Å². The van der Waals surface area contributed by atoms with E-state index in [1.54, 1.807) is 0 Å². The maximum absolute atomic E-state index is 11.1. The van der Waals surface area contributed by atoms with Crippen LogP contribution >= 0.6 is 0 Å². The van der Waals surface area contributed by atoms with Crippen LogP contribution < -0.4 is 0 Å². The lowest BCUT2D eigenvalue weighted by atomic mass is 11.1. The van der Waals surface area contributed by atoms with Gasteiger partial charge >= 0.3 is 0 Å². The summed E-state index contributed by atoms with van der Waals surface area (Å²) in [7, 11) is 0. The van der Waals surface area contributed by atoms with Crippen molar-refractivity contribution in [1.82, 2.24) is 5.01 Å². The lowest BCUT2D eigenvalue weighted by Crippen LogP contribution is -2.12. The zero-order chi connectivity index (χ0) is 5.70. The van der Waals surface area contributed by atoms with Crippen molar-refractivity contribution in [3.8, 4) is 0 Å². The van der Waals surface area contributed by atoms with Gasteiger partial charge in [0.1, 0.15) is 0 Å². The number of nitroso groups, excluding NO2 is 1. The van der Waals surface area contributed by atoms with Crippen molar-refractivity contribution in [3.63, 3.8) is 0 Å². The Balaban J connectivity index is 3.16. The predicted molar refractivity (Wildman–Crippen MR) is 19.6 cm³/mol. The van der Waals surface area contributed by atoms with E-state index in [9.17, 15) is 8.78 Å². The van der Waals surface area contributed by atoms with E-state index in [0.29, 0.717) is 0 Å². The van der Waals surface area contributed by atoms with Gasteiger partial charge in [0.15, 0.2) is 13.6 Å². The van der Waals surface area contributed by atoms with E-state index >= 15 is 0 Å². The van der Waals surface area contributed by atoms with Gasteiger partial charge < -0.3 is 0 Å². The number of halogens is 2. The molecule has 0 amide bonds. The Morgan fingerprint density at radius 2 is 1.86 bits per heavy atom. The van der Waals surface area contributed by atoms with E-state index in [1.807, 2.05) is 5.29 Å². The third-order valence-electron chi connectivity index (χ3n) is 0.391. The average molecular weight is 110 g/mol. The molecule has 0 heterocycles. The fourth-order valence-corrected chi connectivity index (χ4v) is 0.0756. The van der Waals surface area contributed by atoms with Gasteiger partial charge in [0.05, 0.1) is 5.29 Å². The van der Waals surface area contributed by atoms with E-state index in [0.717, 1.165) is 0 Å². The van der Waals surface area contributed by atoms with Crippen LogP contribution in [0.2, 0.25) is 0 Å². The molecule has 0 saturated heterocycles. The normalized spacial score (nSPS) is 8.29. The van der Waals surface area contributed by atoms with Crippen molar-refractivity contribution in [3.05, 3.63) is 4.91 Å². The smallest absolute Gasteiger partial charge is 0.183 e. The Morgan fingerprint density at radius 3 is 1.86 bits per heavy atom. The number of hydrogen-bond acceptors (Lipinski definition) is 2. The summed E-state index contributed by atoms with van der Waals surface area (Å²) in [5, 5.41) is 2.07. The van der Waals surface area contributed by atoms with Crippen LogP contribution in [0.5, 0.6) is 0 Å². The van der Waals surface area contributed by atoms with Gasteiger partial charge in [-0.1, -0.05) is 0 Å². The highest BCUT2D eigenvalue weighted by molar-refractivity contribution is 4.28. The van der Waals surface area contributed by atoms with Crippen LogP contribution in [-0.2, 0) is 0 Å². The molecule has 0 unspecified atom stereocenters. The minimum atomic E-state index is -1.17. The fourth-order valence-electron chi connectivity index (χ4n) is 0.0756. The first kappa shape index (κ1) is 6.26. The van der Waals surface area contributed by atoms with Crippen molar-refractivity contribution in [2.24, 2.45) is 5.29 Å². The van der Waals surface area contributed by atoms with Crippen LogP contribution in [0.15, 0.2) is 5.29 Å². The largest absolute Gasteiger partial charge is 0.226 e. The third kappa shape index (κ3) is 2.02. The Morgan fingerprint density at radius 1 is 1.43 bits per heavy atom. The molecule has 0 aromatic heterocycles. The summed E-state index contributed by atoms with van der Waals surface area (Å²) in [5.74, 6) is 0. The van der Waals surface area contributed by atoms with Gasteiger partial charge in [-0.15, -0.1) is 4.91 Å². The van der Waals surface area contributed by atoms with Crippen molar-refractivity contribution in [1.29, 1.82) is 0 Å². The summed E-state index contributed by atoms with van der Waals surface area (Å²) in [6.45, 7) is -2.33. The summed E-state index contributed by atoms with van der Waals surface area (Å²) in [4.78, 5) is 9.16. The molecule has 0 bridgehead atoms. The molecular weight excluding hydrogens is 106 g/mol. The summed E-state index contributed by atoms with van der Waals surface area (Å²) < 4.78 is 22.1. The SMILES string of the molecule is O=NN(CF)CF. The maximum Gasteiger partial charge on any atom is 0.183 e. The van der Waals surface area contributed by atoms with Crippen molar-refractivity contribution < 1.29 is 8.78 Å². The zero-order valence-corrected chi connectivity index (χ0v) is 3.47. The van der Waals surface area contributed by atoms with Crippen LogP contribution in [0.25, 0.3) is 0 Å². The highest BCUT2D eigenvalue weighted by Gasteiger charge is 1.95. The van der Waals surface area contributed by atoms with E-state index in [4.69, 9.17) is 4.91 Å². The van der Waals surface area contributed by atoms with Crippen molar-refractivity contribution in [2.75, 3.05) is 13.6 Å². The molecule has 0 rings (SSSR count). The molecule has 7 heavy (non-hydrogen) atoms. The van der Waals surface area contributed by atoms with Crippen LogP contribution in [-0.4, -0.2) is 18.6 Å². The molecule has 0 N–H and O–H groups in total. The molecule has 5 heteroatoms. The molecule has 0 spiro atoms. The molecule has 0 aromatic carbocycles. The maximum atomic E-state index is 11.1. The molecule has 0 fully saturated rings. The molecule has 42 valence electrons. The minimum absolute atomic E-state index is 0.111. The van der Waals surface area contributed by atoms with E-state index in [1.165, 1.54) is 0 Å². The first-order valence-corrected chi connectivity index (χ1v) is 1.55. The Bertz CT molecular complexity index is 55.7. The lowest BCUT2D eigenvalue weighted by Gasteiger charge is -2.00. The Labute approximate surface area is 38.9 Å². The fraction of sp³-hybridized carbons (Fsp3) is 1.00. The molecule has 0 aromatic rings. The van der Waals surface area contributed by atoms with Gasteiger partial charge in [0.25, 0.3) is 0 Å². The highest BCUT2D eigenvalue weighted by Crippen LogP contribution is 1.86. The molecule has 3 nitrogen and oxygen atoms in total. The average Bonchev–Trinajstić information content (AvgIpc) is 1.72. The highest BCUT2D eigenvalue weighted by atomic mass is 19.1. The van der Waals surface area contributed by atoms with E-state index in [-0.39, 0.29) is 5.01 Å². The van der Waals surface area contributed by atoms with Gasteiger partial charge in [-0.25, -0.2) is 13.8 Å². The molecule has 0 aliphatic rings.